The molecule has 142 valence electrons. The summed E-state index contributed by atoms with van der Waals surface area (Å²) in [6.07, 6.45) is 4.97. The van der Waals surface area contributed by atoms with Crippen molar-refractivity contribution in [1.29, 1.82) is 0 Å². The average molecular weight is 384 g/mol. The third-order valence-corrected chi connectivity index (χ3v) is 6.85. The smallest absolute Gasteiger partial charge is 0.251 e. The van der Waals surface area contributed by atoms with Crippen molar-refractivity contribution in [3.05, 3.63) is 45.3 Å². The van der Waals surface area contributed by atoms with Crippen LogP contribution in [-0.2, 0) is 24.1 Å². The molecule has 2 heterocycles. The number of aryl methyl sites for hydroxylation is 3. The van der Waals surface area contributed by atoms with Crippen LogP contribution in [0.2, 0.25) is 0 Å². The summed E-state index contributed by atoms with van der Waals surface area (Å²) < 4.78 is 0. The molecule has 27 heavy (non-hydrogen) atoms. The van der Waals surface area contributed by atoms with Crippen molar-refractivity contribution >= 4 is 33.8 Å². The average Bonchev–Trinajstić information content (AvgIpc) is 3.20. The number of hydrogen-bond acceptors (Lipinski definition) is 4. The molecule has 0 bridgehead atoms. The van der Waals surface area contributed by atoms with Gasteiger partial charge in [-0.1, -0.05) is 17.7 Å². The lowest BCUT2D eigenvalue weighted by molar-refractivity contribution is -0.117. The number of primary amides is 1. The van der Waals surface area contributed by atoms with Gasteiger partial charge in [0.05, 0.1) is 5.56 Å². The van der Waals surface area contributed by atoms with Crippen LogP contribution in [0.25, 0.3) is 0 Å². The third kappa shape index (κ3) is 3.23. The van der Waals surface area contributed by atoms with Crippen molar-refractivity contribution < 1.29 is 9.59 Å². The van der Waals surface area contributed by atoms with E-state index in [9.17, 15) is 9.59 Å². The van der Waals surface area contributed by atoms with Gasteiger partial charge in [-0.05, 0) is 63.1 Å². The first-order chi connectivity index (χ1) is 13.0. The van der Waals surface area contributed by atoms with Crippen molar-refractivity contribution in [1.82, 2.24) is 0 Å². The molecule has 2 amide bonds. The molecule has 1 aliphatic carbocycles. The summed E-state index contributed by atoms with van der Waals surface area (Å²) in [5.74, 6) is -0.540. The second kappa shape index (κ2) is 7.00. The zero-order valence-corrected chi connectivity index (χ0v) is 16.6. The SMILES string of the molecule is Cc1ccc2c(c1)CCCN2[C@@H](C)C(=O)Nc1sc2c(c1C(N)=O)CCC2. The van der Waals surface area contributed by atoms with Gasteiger partial charge in [-0.15, -0.1) is 11.3 Å². The van der Waals surface area contributed by atoms with Crippen LogP contribution >= 0.6 is 11.3 Å². The van der Waals surface area contributed by atoms with Crippen LogP contribution in [0, 0.1) is 6.92 Å². The minimum atomic E-state index is -0.448. The Morgan fingerprint density at radius 2 is 2.04 bits per heavy atom. The van der Waals surface area contributed by atoms with Crippen molar-refractivity contribution in [3.8, 4) is 0 Å². The van der Waals surface area contributed by atoms with Gasteiger partial charge in [0.1, 0.15) is 11.0 Å². The zero-order chi connectivity index (χ0) is 19.1. The van der Waals surface area contributed by atoms with Gasteiger partial charge in [-0.2, -0.15) is 0 Å². The molecule has 1 aliphatic heterocycles. The van der Waals surface area contributed by atoms with Crippen LogP contribution in [0.5, 0.6) is 0 Å². The number of benzene rings is 1. The Labute approximate surface area is 163 Å². The Kier molecular flexibility index (Phi) is 4.68. The maximum absolute atomic E-state index is 13.0. The number of anilines is 2. The van der Waals surface area contributed by atoms with E-state index in [-0.39, 0.29) is 11.9 Å². The quantitative estimate of drug-likeness (QED) is 0.849. The van der Waals surface area contributed by atoms with Crippen molar-refractivity contribution in [2.24, 2.45) is 5.73 Å². The van der Waals surface area contributed by atoms with E-state index in [2.05, 4.69) is 35.3 Å². The number of nitrogens with zero attached hydrogens (tertiary/aromatic N) is 1. The zero-order valence-electron chi connectivity index (χ0n) is 15.8. The number of carbonyl (C=O) groups is 2. The number of nitrogens with two attached hydrogens (primary N) is 1. The molecule has 0 fully saturated rings. The van der Waals surface area contributed by atoms with E-state index in [1.165, 1.54) is 27.3 Å². The van der Waals surface area contributed by atoms with Crippen LogP contribution in [0.3, 0.4) is 0 Å². The topological polar surface area (TPSA) is 75.4 Å². The Hall–Kier alpha value is -2.34. The number of carbonyl (C=O) groups excluding carboxylic acids is 2. The number of thiophene rings is 1. The van der Waals surface area contributed by atoms with Crippen molar-refractivity contribution in [2.45, 2.75) is 52.0 Å². The predicted octanol–water partition coefficient (Wildman–Crippen LogP) is 3.42. The molecule has 2 aromatic rings. The van der Waals surface area contributed by atoms with Crippen LogP contribution < -0.4 is 16.0 Å². The molecular formula is C21H25N3O2S. The molecule has 3 N–H and O–H groups in total. The minimum absolute atomic E-state index is 0.0918. The van der Waals surface area contributed by atoms with Crippen molar-refractivity contribution in [2.75, 3.05) is 16.8 Å². The van der Waals surface area contributed by atoms with E-state index in [4.69, 9.17) is 5.73 Å². The number of nitrogens with one attached hydrogen (secondary N) is 1. The maximum Gasteiger partial charge on any atom is 0.251 e. The van der Waals surface area contributed by atoms with E-state index >= 15 is 0 Å². The fourth-order valence-corrected chi connectivity index (χ4v) is 5.57. The first kappa shape index (κ1) is 18.0. The Balaban J connectivity index is 1.58. The van der Waals surface area contributed by atoms with Gasteiger partial charge in [-0.3, -0.25) is 9.59 Å². The monoisotopic (exact) mass is 383 g/mol. The molecular weight excluding hydrogens is 358 g/mol. The molecule has 2 aliphatic rings. The Morgan fingerprint density at radius 1 is 1.22 bits per heavy atom. The summed E-state index contributed by atoms with van der Waals surface area (Å²) in [5, 5.41) is 3.61. The summed E-state index contributed by atoms with van der Waals surface area (Å²) in [4.78, 5) is 28.3. The molecule has 0 radical (unpaired) electrons. The number of fused-ring (bicyclic) bond motifs is 2. The fourth-order valence-electron chi connectivity index (χ4n) is 4.27. The molecule has 0 saturated heterocycles. The molecule has 6 heteroatoms. The lowest BCUT2D eigenvalue weighted by atomic mass is 9.98. The van der Waals surface area contributed by atoms with Gasteiger partial charge >= 0.3 is 0 Å². The normalized spacial score (nSPS) is 16.6. The highest BCUT2D eigenvalue weighted by molar-refractivity contribution is 7.17. The Morgan fingerprint density at radius 3 is 2.81 bits per heavy atom. The molecule has 0 spiro atoms. The van der Waals surface area contributed by atoms with Crippen LogP contribution in [-0.4, -0.2) is 24.4 Å². The number of rotatable bonds is 4. The van der Waals surface area contributed by atoms with Crippen molar-refractivity contribution in [3.63, 3.8) is 0 Å². The van der Waals surface area contributed by atoms with E-state index in [0.29, 0.717) is 10.6 Å². The largest absolute Gasteiger partial charge is 0.365 e. The fraction of sp³-hybridized carbons (Fsp3) is 0.429. The second-order valence-corrected chi connectivity index (χ2v) is 8.63. The lowest BCUT2D eigenvalue weighted by Gasteiger charge is -2.35. The molecule has 4 rings (SSSR count). The molecule has 5 nitrogen and oxygen atoms in total. The first-order valence-electron chi connectivity index (χ1n) is 9.57. The highest BCUT2D eigenvalue weighted by Crippen LogP contribution is 2.39. The molecule has 1 aromatic carbocycles. The summed E-state index contributed by atoms with van der Waals surface area (Å²) in [7, 11) is 0. The van der Waals surface area contributed by atoms with E-state index in [1.54, 1.807) is 0 Å². The molecule has 1 aromatic heterocycles. The van der Waals surface area contributed by atoms with Crippen LogP contribution in [0.15, 0.2) is 18.2 Å². The molecule has 0 saturated carbocycles. The van der Waals surface area contributed by atoms with E-state index < -0.39 is 5.91 Å². The van der Waals surface area contributed by atoms with E-state index in [0.717, 1.165) is 49.9 Å². The highest BCUT2D eigenvalue weighted by atomic mass is 32.1. The summed E-state index contributed by atoms with van der Waals surface area (Å²) >= 11 is 1.51. The molecule has 0 unspecified atom stereocenters. The van der Waals surface area contributed by atoms with Gasteiger partial charge in [0, 0.05) is 17.1 Å². The first-order valence-corrected chi connectivity index (χ1v) is 10.4. The summed E-state index contributed by atoms with van der Waals surface area (Å²) in [6.45, 7) is 4.88. The second-order valence-electron chi connectivity index (χ2n) is 7.52. The van der Waals surface area contributed by atoms with Gasteiger partial charge in [0.2, 0.25) is 5.91 Å². The summed E-state index contributed by atoms with van der Waals surface area (Å²) in [5.41, 5.74) is 10.8. The van der Waals surface area contributed by atoms with Crippen LogP contribution in [0.1, 0.15) is 51.7 Å². The van der Waals surface area contributed by atoms with Gasteiger partial charge in [0.15, 0.2) is 0 Å². The number of amides is 2. The number of hydrogen-bond donors (Lipinski definition) is 2. The standard InChI is InChI=1S/C21H25N3O2S/c1-12-8-9-16-14(11-12)5-4-10-24(16)13(2)20(26)23-21-18(19(22)25)15-6-3-7-17(15)27-21/h8-9,11,13H,3-7,10H2,1-2H3,(H2,22,25)(H,23,26)/t13-/m0/s1. The van der Waals surface area contributed by atoms with Crippen LogP contribution in [0.4, 0.5) is 10.7 Å². The predicted molar refractivity (Wildman–Crippen MR) is 110 cm³/mol. The highest BCUT2D eigenvalue weighted by Gasteiger charge is 2.30. The van der Waals surface area contributed by atoms with E-state index in [1.807, 2.05) is 6.92 Å². The van der Waals surface area contributed by atoms with Gasteiger partial charge < -0.3 is 16.0 Å². The van der Waals surface area contributed by atoms with Gasteiger partial charge in [-0.25, -0.2) is 0 Å². The summed E-state index contributed by atoms with van der Waals surface area (Å²) in [6, 6.07) is 6.10. The maximum atomic E-state index is 13.0. The molecule has 1 atom stereocenters. The lowest BCUT2D eigenvalue weighted by Crippen LogP contribution is -2.44. The minimum Gasteiger partial charge on any atom is -0.365 e. The Bertz CT molecular complexity index is 918. The third-order valence-electron chi connectivity index (χ3n) is 5.64. The van der Waals surface area contributed by atoms with Gasteiger partial charge in [0.25, 0.3) is 5.91 Å².